The summed E-state index contributed by atoms with van der Waals surface area (Å²) in [5.41, 5.74) is 0. The van der Waals surface area contributed by atoms with Gasteiger partial charge in [-0.25, -0.2) is 0 Å². The first-order valence-corrected chi connectivity index (χ1v) is 15.1. The van der Waals surface area contributed by atoms with Crippen LogP contribution in [0.2, 0.25) is 0 Å². The molecule has 0 aromatic carbocycles. The van der Waals surface area contributed by atoms with Crippen LogP contribution in [-0.2, 0) is 4.79 Å². The van der Waals surface area contributed by atoms with Crippen molar-refractivity contribution in [2.45, 2.75) is 161 Å². The largest absolute Gasteiger partial charge is 0.394 e. The molecule has 0 bridgehead atoms. The minimum Gasteiger partial charge on any atom is -0.394 e. The lowest BCUT2D eigenvalue weighted by molar-refractivity contribution is -0.122. The highest BCUT2D eigenvalue weighted by molar-refractivity contribution is 5.76. The minimum absolute atomic E-state index is 0.129. The number of allylic oxidation sites excluding steroid dienone is 3. The van der Waals surface area contributed by atoms with E-state index in [1.807, 2.05) is 13.0 Å². The molecule has 3 N–H and O–H groups in total. The van der Waals surface area contributed by atoms with Crippen LogP contribution in [0.5, 0.6) is 0 Å². The molecular weight excluding hydrogens is 434 g/mol. The Labute approximate surface area is 218 Å². The van der Waals surface area contributed by atoms with Crippen molar-refractivity contribution in [3.05, 3.63) is 24.3 Å². The molecular formula is C31H59NO3. The summed E-state index contributed by atoms with van der Waals surface area (Å²) in [6.07, 6.45) is 33.9. The fourth-order valence-electron chi connectivity index (χ4n) is 4.35. The second kappa shape index (κ2) is 27.5. The Balaban J connectivity index is 3.45. The topological polar surface area (TPSA) is 69.6 Å². The van der Waals surface area contributed by atoms with Gasteiger partial charge in [-0.2, -0.15) is 0 Å². The molecule has 0 spiro atoms. The van der Waals surface area contributed by atoms with Crippen molar-refractivity contribution in [2.75, 3.05) is 6.61 Å². The summed E-state index contributed by atoms with van der Waals surface area (Å²) in [6.45, 7) is 3.95. The molecule has 35 heavy (non-hydrogen) atoms. The third-order valence-corrected chi connectivity index (χ3v) is 6.66. The van der Waals surface area contributed by atoms with Crippen LogP contribution in [-0.4, -0.2) is 34.9 Å². The predicted molar refractivity (Wildman–Crippen MR) is 152 cm³/mol. The van der Waals surface area contributed by atoms with E-state index in [1.54, 1.807) is 6.08 Å². The normalized spacial score (nSPS) is 13.6. The Kier molecular flexibility index (Phi) is 26.6. The van der Waals surface area contributed by atoms with E-state index < -0.39 is 12.1 Å². The number of aliphatic hydroxyl groups excluding tert-OH is 2. The first-order chi connectivity index (χ1) is 17.2. The van der Waals surface area contributed by atoms with Crippen LogP contribution >= 0.6 is 0 Å². The summed E-state index contributed by atoms with van der Waals surface area (Å²) in [5, 5.41) is 22.2. The number of rotatable bonds is 26. The van der Waals surface area contributed by atoms with Crippen molar-refractivity contribution < 1.29 is 15.0 Å². The summed E-state index contributed by atoms with van der Waals surface area (Å²) in [7, 11) is 0. The molecule has 4 heteroatoms. The molecule has 0 rings (SSSR count). The summed E-state index contributed by atoms with van der Waals surface area (Å²) in [5.74, 6) is -0.129. The molecule has 0 aromatic rings. The zero-order valence-corrected chi connectivity index (χ0v) is 23.3. The fourth-order valence-corrected chi connectivity index (χ4v) is 4.35. The summed E-state index contributed by atoms with van der Waals surface area (Å²) in [4.78, 5) is 11.6. The Morgan fingerprint density at radius 3 is 1.60 bits per heavy atom. The van der Waals surface area contributed by atoms with Gasteiger partial charge in [0.15, 0.2) is 0 Å². The third kappa shape index (κ3) is 24.3. The lowest BCUT2D eigenvalue weighted by Crippen LogP contribution is -2.45. The van der Waals surface area contributed by atoms with Gasteiger partial charge in [0.1, 0.15) is 0 Å². The standard InChI is InChI=1S/C31H59NO3/c1-3-5-6-7-8-9-10-11-12-13-14-15-16-17-18-19-20-21-22-23-24-25-27-30(34)29(28-33)32-31(35)26-4-2/h21-22,25,27,29-30,33-34H,3-20,23-24,26,28H2,1-2H3,(H,32,35)/b22-21+,27-25+. The highest BCUT2D eigenvalue weighted by Gasteiger charge is 2.17. The van der Waals surface area contributed by atoms with Gasteiger partial charge in [-0.1, -0.05) is 134 Å². The number of aliphatic hydroxyl groups is 2. The predicted octanol–water partition coefficient (Wildman–Crippen LogP) is 8.17. The van der Waals surface area contributed by atoms with Crippen LogP contribution in [0.1, 0.15) is 149 Å². The molecule has 0 aliphatic rings. The van der Waals surface area contributed by atoms with Crippen LogP contribution in [0.3, 0.4) is 0 Å². The van der Waals surface area contributed by atoms with E-state index >= 15 is 0 Å². The SMILES string of the molecule is CCCCCCCCCCCCCCCCCC/C=C/CC/C=C/C(O)C(CO)NC(=O)CCC. The first-order valence-electron chi connectivity index (χ1n) is 15.1. The van der Waals surface area contributed by atoms with E-state index in [4.69, 9.17) is 0 Å². The first kappa shape index (κ1) is 33.9. The van der Waals surface area contributed by atoms with Gasteiger partial charge in [0.05, 0.1) is 18.8 Å². The van der Waals surface area contributed by atoms with E-state index in [1.165, 1.54) is 103 Å². The van der Waals surface area contributed by atoms with Gasteiger partial charge in [0, 0.05) is 6.42 Å². The van der Waals surface area contributed by atoms with E-state index in [0.29, 0.717) is 6.42 Å². The van der Waals surface area contributed by atoms with Gasteiger partial charge in [-0.3, -0.25) is 4.79 Å². The number of carbonyl (C=O) groups excluding carboxylic acids is 1. The smallest absolute Gasteiger partial charge is 0.220 e. The highest BCUT2D eigenvalue weighted by Crippen LogP contribution is 2.14. The van der Waals surface area contributed by atoms with Gasteiger partial charge < -0.3 is 15.5 Å². The fraction of sp³-hybridized carbons (Fsp3) is 0.839. The number of nitrogens with one attached hydrogen (secondary N) is 1. The van der Waals surface area contributed by atoms with E-state index in [0.717, 1.165) is 25.7 Å². The van der Waals surface area contributed by atoms with E-state index in [-0.39, 0.29) is 12.5 Å². The number of hydrogen-bond donors (Lipinski definition) is 3. The van der Waals surface area contributed by atoms with Crippen LogP contribution in [0.25, 0.3) is 0 Å². The average molecular weight is 494 g/mol. The third-order valence-electron chi connectivity index (χ3n) is 6.66. The molecule has 206 valence electrons. The molecule has 0 saturated heterocycles. The van der Waals surface area contributed by atoms with Crippen molar-refractivity contribution in [1.82, 2.24) is 5.32 Å². The summed E-state index contributed by atoms with van der Waals surface area (Å²) in [6, 6.07) is -0.629. The van der Waals surface area contributed by atoms with Crippen molar-refractivity contribution in [1.29, 1.82) is 0 Å². The maximum Gasteiger partial charge on any atom is 0.220 e. The van der Waals surface area contributed by atoms with Crippen molar-refractivity contribution in [3.8, 4) is 0 Å². The molecule has 0 aliphatic carbocycles. The van der Waals surface area contributed by atoms with Crippen LogP contribution in [0.15, 0.2) is 24.3 Å². The monoisotopic (exact) mass is 493 g/mol. The van der Waals surface area contributed by atoms with E-state index in [2.05, 4.69) is 24.4 Å². The zero-order chi connectivity index (χ0) is 25.8. The second-order valence-electron chi connectivity index (χ2n) is 10.2. The Bertz CT molecular complexity index is 503. The molecule has 2 atom stereocenters. The molecule has 0 fully saturated rings. The van der Waals surface area contributed by atoms with E-state index in [9.17, 15) is 15.0 Å². The molecule has 0 aromatic heterocycles. The van der Waals surface area contributed by atoms with Gasteiger partial charge in [-0.05, 0) is 32.1 Å². The number of amides is 1. The minimum atomic E-state index is -0.852. The van der Waals surface area contributed by atoms with Gasteiger partial charge in [-0.15, -0.1) is 0 Å². The summed E-state index contributed by atoms with van der Waals surface area (Å²) < 4.78 is 0. The Morgan fingerprint density at radius 1 is 0.657 bits per heavy atom. The zero-order valence-electron chi connectivity index (χ0n) is 23.3. The molecule has 4 nitrogen and oxygen atoms in total. The van der Waals surface area contributed by atoms with Crippen LogP contribution in [0.4, 0.5) is 0 Å². The molecule has 0 heterocycles. The van der Waals surface area contributed by atoms with Gasteiger partial charge in [0.2, 0.25) is 5.91 Å². The molecule has 1 amide bonds. The Morgan fingerprint density at radius 2 is 1.11 bits per heavy atom. The molecule has 0 saturated carbocycles. The maximum atomic E-state index is 11.6. The van der Waals surface area contributed by atoms with Crippen molar-refractivity contribution in [2.24, 2.45) is 0 Å². The molecule has 0 radical (unpaired) electrons. The highest BCUT2D eigenvalue weighted by atomic mass is 16.3. The van der Waals surface area contributed by atoms with Crippen LogP contribution < -0.4 is 5.32 Å². The number of unbranched alkanes of at least 4 members (excludes halogenated alkanes) is 17. The quantitative estimate of drug-likeness (QED) is 0.0840. The Hall–Kier alpha value is -1.13. The maximum absolute atomic E-state index is 11.6. The number of hydrogen-bond acceptors (Lipinski definition) is 3. The van der Waals surface area contributed by atoms with Crippen LogP contribution in [0, 0.1) is 0 Å². The molecule has 2 unspecified atom stereocenters. The van der Waals surface area contributed by atoms with Gasteiger partial charge >= 0.3 is 0 Å². The van der Waals surface area contributed by atoms with Crippen molar-refractivity contribution >= 4 is 5.91 Å². The lowest BCUT2D eigenvalue weighted by Gasteiger charge is -2.19. The average Bonchev–Trinajstić information content (AvgIpc) is 2.85. The number of carbonyl (C=O) groups is 1. The summed E-state index contributed by atoms with van der Waals surface area (Å²) >= 11 is 0. The van der Waals surface area contributed by atoms with Crippen molar-refractivity contribution in [3.63, 3.8) is 0 Å². The van der Waals surface area contributed by atoms with Gasteiger partial charge in [0.25, 0.3) is 0 Å². The second-order valence-corrected chi connectivity index (χ2v) is 10.2. The lowest BCUT2D eigenvalue weighted by atomic mass is 10.0. The molecule has 0 aliphatic heterocycles.